The van der Waals surface area contributed by atoms with E-state index in [-0.39, 0.29) is 0 Å². The monoisotopic (exact) mass is 81.1 g/mol. The summed E-state index contributed by atoms with van der Waals surface area (Å²) in [4.78, 5) is 1.47. The average molecular weight is 80.9 g/mol. The van der Waals surface area contributed by atoms with E-state index in [1.165, 1.54) is 4.81 Å². The van der Waals surface area contributed by atoms with E-state index in [9.17, 15) is 0 Å². The first-order valence-electron chi connectivity index (χ1n) is 1.78. The number of rotatable bonds is 1. The second-order valence-electron chi connectivity index (χ2n) is 1.35. The summed E-state index contributed by atoms with van der Waals surface area (Å²) >= 11 is 0. The smallest absolute Gasteiger partial charge is 0.225 e. The Kier molecular flexibility index (Phi) is 1.78. The summed E-state index contributed by atoms with van der Waals surface area (Å²) in [7, 11) is 6.92. The molecule has 0 aliphatic rings. The first-order valence-corrected chi connectivity index (χ1v) is 1.78. The van der Waals surface area contributed by atoms with Gasteiger partial charge in [0.1, 0.15) is 0 Å². The molecule has 2 heteroatoms. The first kappa shape index (κ1) is 5.60. The zero-order valence-corrected chi connectivity index (χ0v) is 4.23. The second-order valence-corrected chi connectivity index (χ2v) is 1.35. The molecule has 0 saturated carbocycles. The van der Waals surface area contributed by atoms with Crippen molar-refractivity contribution < 1.29 is 0 Å². The Labute approximate surface area is 40.1 Å². The fourth-order valence-electron chi connectivity index (χ4n) is 0. The summed E-state index contributed by atoms with van der Waals surface area (Å²) < 4.78 is 0. The number of nitrogens with zero attached hydrogens (tertiary/aromatic N) is 1. The van der Waals surface area contributed by atoms with Crippen molar-refractivity contribution in [2.75, 3.05) is 7.05 Å². The van der Waals surface area contributed by atoms with Crippen molar-refractivity contribution in [3.8, 4) is 0 Å². The molecule has 1 nitrogen and oxygen atoms in total. The Hall–Kier alpha value is -0.395. The van der Waals surface area contributed by atoms with Gasteiger partial charge in [-0.25, -0.2) is 0 Å². The molecule has 0 atom stereocenters. The van der Waals surface area contributed by atoms with Crippen LogP contribution in [-0.2, 0) is 0 Å². The molecule has 0 spiro atoms. The zero-order chi connectivity index (χ0) is 5.15. The molecule has 0 aromatic rings. The lowest BCUT2D eigenvalue weighted by molar-refractivity contribution is 0.684. The Morgan fingerprint density at radius 2 is 2.00 bits per heavy atom. The SMILES string of the molecule is [B]N(C)C(=C)C. The Morgan fingerprint density at radius 3 is 2.00 bits per heavy atom. The Morgan fingerprint density at radius 1 is 1.83 bits per heavy atom. The first-order chi connectivity index (χ1) is 2.64. The van der Waals surface area contributed by atoms with Gasteiger partial charge in [-0.1, -0.05) is 6.58 Å². The predicted octanol–water partition coefficient (Wildman–Crippen LogP) is 0.535. The van der Waals surface area contributed by atoms with Crippen LogP contribution in [0.2, 0.25) is 0 Å². The topological polar surface area (TPSA) is 3.24 Å². The predicted molar refractivity (Wildman–Crippen MR) is 28.3 cm³/mol. The molecule has 0 fully saturated rings. The normalized spacial score (nSPS) is 7.67. The molecule has 0 bridgehead atoms. The summed E-state index contributed by atoms with van der Waals surface area (Å²) in [5, 5.41) is 0. The zero-order valence-electron chi connectivity index (χ0n) is 4.23. The molecular formula is C4H8BN. The third-order valence-corrected chi connectivity index (χ3v) is 0.602. The van der Waals surface area contributed by atoms with Gasteiger partial charge in [0.15, 0.2) is 0 Å². The van der Waals surface area contributed by atoms with E-state index in [4.69, 9.17) is 7.98 Å². The lowest BCUT2D eigenvalue weighted by Gasteiger charge is -2.09. The van der Waals surface area contributed by atoms with Gasteiger partial charge in [-0.2, -0.15) is 0 Å². The average Bonchev–Trinajstić information content (AvgIpc) is 1.36. The molecule has 0 rings (SSSR count). The van der Waals surface area contributed by atoms with Crippen molar-refractivity contribution in [2.45, 2.75) is 6.92 Å². The van der Waals surface area contributed by atoms with Crippen molar-refractivity contribution >= 4 is 7.98 Å². The highest BCUT2D eigenvalue weighted by Crippen LogP contribution is 1.85. The van der Waals surface area contributed by atoms with Gasteiger partial charge in [0.2, 0.25) is 7.98 Å². The van der Waals surface area contributed by atoms with Crippen LogP contribution < -0.4 is 0 Å². The number of hydrogen-bond donors (Lipinski definition) is 0. The van der Waals surface area contributed by atoms with Crippen molar-refractivity contribution in [1.82, 2.24) is 4.81 Å². The molecule has 0 aromatic carbocycles. The van der Waals surface area contributed by atoms with Crippen molar-refractivity contribution in [2.24, 2.45) is 0 Å². The fourth-order valence-corrected chi connectivity index (χ4v) is 0. The summed E-state index contributed by atoms with van der Waals surface area (Å²) in [5.41, 5.74) is 0.870. The Bertz CT molecular complexity index is 58.6. The fraction of sp³-hybridized carbons (Fsp3) is 0.500. The highest BCUT2D eigenvalue weighted by Gasteiger charge is 1.79. The largest absolute Gasteiger partial charge is 0.431 e. The number of allylic oxidation sites excluding steroid dienone is 1. The van der Waals surface area contributed by atoms with Crippen molar-refractivity contribution in [3.05, 3.63) is 12.3 Å². The maximum atomic E-state index is 5.17. The van der Waals surface area contributed by atoms with E-state index in [0.29, 0.717) is 0 Å². The van der Waals surface area contributed by atoms with Gasteiger partial charge in [0.05, 0.1) is 0 Å². The van der Waals surface area contributed by atoms with Crippen LogP contribution in [0, 0.1) is 0 Å². The molecule has 32 valence electrons. The lowest BCUT2D eigenvalue weighted by Crippen LogP contribution is -2.08. The van der Waals surface area contributed by atoms with E-state index >= 15 is 0 Å². The van der Waals surface area contributed by atoms with Crippen LogP contribution in [0.25, 0.3) is 0 Å². The highest BCUT2D eigenvalue weighted by atomic mass is 15.0. The van der Waals surface area contributed by atoms with Crippen LogP contribution in [0.5, 0.6) is 0 Å². The lowest BCUT2D eigenvalue weighted by atomic mass is 10.3. The van der Waals surface area contributed by atoms with E-state index in [1.807, 2.05) is 6.92 Å². The molecule has 0 unspecified atom stereocenters. The van der Waals surface area contributed by atoms with E-state index in [1.54, 1.807) is 7.05 Å². The molecule has 0 aromatic heterocycles. The van der Waals surface area contributed by atoms with Gasteiger partial charge in [0.25, 0.3) is 0 Å². The summed E-state index contributed by atoms with van der Waals surface area (Å²) in [6.45, 7) is 5.40. The van der Waals surface area contributed by atoms with Crippen LogP contribution in [0.1, 0.15) is 6.92 Å². The third kappa shape index (κ3) is 1.88. The Balaban J connectivity index is 3.26. The van der Waals surface area contributed by atoms with Crippen LogP contribution in [-0.4, -0.2) is 19.8 Å². The minimum absolute atomic E-state index is 0.870. The molecule has 0 aliphatic heterocycles. The number of hydrogen-bond acceptors (Lipinski definition) is 1. The summed E-state index contributed by atoms with van der Waals surface area (Å²) in [6.07, 6.45) is 0. The van der Waals surface area contributed by atoms with Gasteiger partial charge in [-0.05, 0) is 19.7 Å². The van der Waals surface area contributed by atoms with Crippen LogP contribution in [0.4, 0.5) is 0 Å². The van der Waals surface area contributed by atoms with Gasteiger partial charge in [-0.3, -0.25) is 0 Å². The molecular weight excluding hydrogens is 72.9 g/mol. The standard InChI is InChI=1S/C4H8BN/c1-4(2)6(3)5/h1H2,2-3H3. The molecule has 0 N–H and O–H groups in total. The summed E-state index contributed by atoms with van der Waals surface area (Å²) in [5.74, 6) is 0. The highest BCUT2D eigenvalue weighted by molar-refractivity contribution is 6.05. The molecule has 0 heterocycles. The third-order valence-electron chi connectivity index (χ3n) is 0.602. The van der Waals surface area contributed by atoms with Crippen LogP contribution >= 0.6 is 0 Å². The second kappa shape index (κ2) is 1.90. The van der Waals surface area contributed by atoms with Gasteiger partial charge in [0, 0.05) is 0 Å². The molecule has 0 saturated heterocycles. The van der Waals surface area contributed by atoms with E-state index in [0.717, 1.165) is 5.70 Å². The maximum absolute atomic E-state index is 5.17. The van der Waals surface area contributed by atoms with E-state index < -0.39 is 0 Å². The van der Waals surface area contributed by atoms with E-state index in [2.05, 4.69) is 6.58 Å². The molecule has 2 radical (unpaired) electrons. The van der Waals surface area contributed by atoms with Crippen molar-refractivity contribution in [3.63, 3.8) is 0 Å². The molecule has 0 aliphatic carbocycles. The van der Waals surface area contributed by atoms with Crippen LogP contribution in [0.15, 0.2) is 12.3 Å². The molecule has 0 amide bonds. The van der Waals surface area contributed by atoms with Gasteiger partial charge in [-0.15, -0.1) is 0 Å². The van der Waals surface area contributed by atoms with Gasteiger partial charge < -0.3 is 4.81 Å². The minimum atomic E-state index is 0.870. The molecule has 6 heavy (non-hydrogen) atoms. The van der Waals surface area contributed by atoms with Crippen molar-refractivity contribution in [1.29, 1.82) is 0 Å². The summed E-state index contributed by atoms with van der Waals surface area (Å²) in [6, 6.07) is 0. The maximum Gasteiger partial charge on any atom is 0.225 e. The quantitative estimate of drug-likeness (QED) is 0.416. The van der Waals surface area contributed by atoms with Crippen LogP contribution in [0.3, 0.4) is 0 Å². The minimum Gasteiger partial charge on any atom is -0.431 e. The van der Waals surface area contributed by atoms with Gasteiger partial charge >= 0.3 is 0 Å².